The molecule has 0 aliphatic rings. The minimum absolute atomic E-state index is 0.145. The molecule has 0 aliphatic heterocycles. The first-order chi connectivity index (χ1) is 8.72. The van der Waals surface area contributed by atoms with Gasteiger partial charge in [-0.2, -0.15) is 0 Å². The van der Waals surface area contributed by atoms with Crippen molar-refractivity contribution < 1.29 is 19.4 Å². The summed E-state index contributed by atoms with van der Waals surface area (Å²) in [6.45, 7) is 0.694. The zero-order chi connectivity index (χ0) is 13.4. The van der Waals surface area contributed by atoms with E-state index < -0.39 is 0 Å². The van der Waals surface area contributed by atoms with Crippen LogP contribution in [0.4, 0.5) is 0 Å². The third kappa shape index (κ3) is 3.92. The lowest BCUT2D eigenvalue weighted by molar-refractivity contribution is 0.0951. The molecule has 100 valence electrons. The fourth-order valence-electron chi connectivity index (χ4n) is 1.52. The Morgan fingerprint density at radius 2 is 1.94 bits per heavy atom. The standard InChI is InChI=1S/C13H19NO4/c1-17-11-6-5-10(9-12(11)18-2)13(16)14-7-3-4-8-15/h5-6,9,15H,3-4,7-8H2,1-2H3,(H,14,16). The molecule has 1 rings (SSSR count). The molecule has 18 heavy (non-hydrogen) atoms. The number of hydrogen-bond donors (Lipinski definition) is 2. The highest BCUT2D eigenvalue weighted by Gasteiger charge is 2.09. The summed E-state index contributed by atoms with van der Waals surface area (Å²) in [4.78, 5) is 11.8. The summed E-state index contributed by atoms with van der Waals surface area (Å²) >= 11 is 0. The van der Waals surface area contributed by atoms with E-state index in [1.807, 2.05) is 0 Å². The van der Waals surface area contributed by atoms with Crippen LogP contribution in [0.5, 0.6) is 11.5 Å². The predicted molar refractivity (Wildman–Crippen MR) is 68.2 cm³/mol. The Hall–Kier alpha value is -1.75. The summed E-state index contributed by atoms with van der Waals surface area (Å²) in [6, 6.07) is 5.02. The maximum atomic E-state index is 11.8. The van der Waals surface area contributed by atoms with Crippen molar-refractivity contribution in [2.45, 2.75) is 12.8 Å². The molecular formula is C13H19NO4. The quantitative estimate of drug-likeness (QED) is 0.717. The van der Waals surface area contributed by atoms with Crippen LogP contribution in [0.25, 0.3) is 0 Å². The predicted octanol–water partition coefficient (Wildman–Crippen LogP) is 1.21. The van der Waals surface area contributed by atoms with Crippen molar-refractivity contribution in [2.24, 2.45) is 0 Å². The molecule has 0 bridgehead atoms. The fourth-order valence-corrected chi connectivity index (χ4v) is 1.52. The summed E-state index contributed by atoms with van der Waals surface area (Å²) < 4.78 is 10.2. The maximum absolute atomic E-state index is 11.8. The van der Waals surface area contributed by atoms with Gasteiger partial charge in [-0.25, -0.2) is 0 Å². The number of aliphatic hydroxyl groups is 1. The first kappa shape index (κ1) is 14.3. The molecule has 1 aromatic rings. The van der Waals surface area contributed by atoms with Crippen molar-refractivity contribution >= 4 is 5.91 Å². The Morgan fingerprint density at radius 1 is 1.22 bits per heavy atom. The largest absolute Gasteiger partial charge is 0.493 e. The highest BCUT2D eigenvalue weighted by atomic mass is 16.5. The third-order valence-corrected chi connectivity index (χ3v) is 2.52. The second-order valence-corrected chi connectivity index (χ2v) is 3.76. The molecule has 0 fully saturated rings. The highest BCUT2D eigenvalue weighted by Crippen LogP contribution is 2.27. The molecule has 0 saturated carbocycles. The molecule has 2 N–H and O–H groups in total. The smallest absolute Gasteiger partial charge is 0.251 e. The molecule has 0 radical (unpaired) electrons. The van der Waals surface area contributed by atoms with Crippen molar-refractivity contribution in [3.8, 4) is 11.5 Å². The van der Waals surface area contributed by atoms with Crippen LogP contribution in [-0.2, 0) is 0 Å². The first-order valence-corrected chi connectivity index (χ1v) is 5.84. The van der Waals surface area contributed by atoms with Crippen LogP contribution in [0, 0.1) is 0 Å². The van der Waals surface area contributed by atoms with Gasteiger partial charge < -0.3 is 19.9 Å². The number of amides is 1. The minimum atomic E-state index is -0.158. The van der Waals surface area contributed by atoms with Gasteiger partial charge in [0.1, 0.15) is 0 Å². The molecule has 5 heteroatoms. The lowest BCUT2D eigenvalue weighted by Gasteiger charge is -2.09. The summed E-state index contributed by atoms with van der Waals surface area (Å²) in [5.74, 6) is 0.962. The van der Waals surface area contributed by atoms with E-state index in [1.54, 1.807) is 25.3 Å². The van der Waals surface area contributed by atoms with Gasteiger partial charge >= 0.3 is 0 Å². The first-order valence-electron chi connectivity index (χ1n) is 5.84. The van der Waals surface area contributed by atoms with Gasteiger partial charge in [-0.1, -0.05) is 0 Å². The van der Waals surface area contributed by atoms with E-state index in [2.05, 4.69) is 5.32 Å². The van der Waals surface area contributed by atoms with Gasteiger partial charge in [0.2, 0.25) is 0 Å². The zero-order valence-electron chi connectivity index (χ0n) is 10.7. The molecule has 1 aromatic carbocycles. The average molecular weight is 253 g/mol. The van der Waals surface area contributed by atoms with Gasteiger partial charge in [0, 0.05) is 18.7 Å². The Labute approximate surface area is 107 Å². The van der Waals surface area contributed by atoms with Crippen LogP contribution >= 0.6 is 0 Å². The van der Waals surface area contributed by atoms with E-state index in [9.17, 15) is 4.79 Å². The Balaban J connectivity index is 2.62. The van der Waals surface area contributed by atoms with E-state index in [-0.39, 0.29) is 12.5 Å². The summed E-state index contributed by atoms with van der Waals surface area (Å²) in [6.07, 6.45) is 1.45. The molecule has 0 aromatic heterocycles. The number of unbranched alkanes of at least 4 members (excludes halogenated alkanes) is 1. The molecule has 5 nitrogen and oxygen atoms in total. The van der Waals surface area contributed by atoms with Crippen molar-refractivity contribution in [3.05, 3.63) is 23.8 Å². The fraction of sp³-hybridized carbons (Fsp3) is 0.462. The lowest BCUT2D eigenvalue weighted by Crippen LogP contribution is -2.24. The summed E-state index contributed by atoms with van der Waals surface area (Å²) in [7, 11) is 3.08. The molecule has 0 heterocycles. The minimum Gasteiger partial charge on any atom is -0.493 e. The molecule has 0 spiro atoms. The Kier molecular flexibility index (Phi) is 6.00. The lowest BCUT2D eigenvalue weighted by atomic mass is 10.2. The molecule has 0 aliphatic carbocycles. The number of carbonyl (C=O) groups excluding carboxylic acids is 1. The molecule has 0 saturated heterocycles. The maximum Gasteiger partial charge on any atom is 0.251 e. The summed E-state index contributed by atoms with van der Waals surface area (Å²) in [5.41, 5.74) is 0.525. The van der Waals surface area contributed by atoms with Crippen LogP contribution in [-0.4, -0.2) is 38.4 Å². The van der Waals surface area contributed by atoms with E-state index in [1.165, 1.54) is 7.11 Å². The molecule has 0 unspecified atom stereocenters. The van der Waals surface area contributed by atoms with E-state index in [4.69, 9.17) is 14.6 Å². The third-order valence-electron chi connectivity index (χ3n) is 2.52. The van der Waals surface area contributed by atoms with Crippen LogP contribution in [0.3, 0.4) is 0 Å². The number of ether oxygens (including phenoxy) is 2. The molecule has 1 amide bonds. The van der Waals surface area contributed by atoms with Gasteiger partial charge in [0.25, 0.3) is 5.91 Å². The van der Waals surface area contributed by atoms with E-state index in [0.717, 1.165) is 6.42 Å². The van der Waals surface area contributed by atoms with Crippen molar-refractivity contribution in [3.63, 3.8) is 0 Å². The van der Waals surface area contributed by atoms with Gasteiger partial charge in [0.15, 0.2) is 11.5 Å². The highest BCUT2D eigenvalue weighted by molar-refractivity contribution is 5.94. The number of benzene rings is 1. The second-order valence-electron chi connectivity index (χ2n) is 3.76. The number of methoxy groups -OCH3 is 2. The zero-order valence-corrected chi connectivity index (χ0v) is 10.7. The molecule has 0 atom stereocenters. The number of aliphatic hydroxyl groups excluding tert-OH is 1. The topological polar surface area (TPSA) is 67.8 Å². The van der Waals surface area contributed by atoms with Crippen molar-refractivity contribution in [2.75, 3.05) is 27.4 Å². The van der Waals surface area contributed by atoms with Crippen LogP contribution in [0.1, 0.15) is 23.2 Å². The van der Waals surface area contributed by atoms with Crippen LogP contribution in [0.15, 0.2) is 18.2 Å². The molecular weight excluding hydrogens is 234 g/mol. The second kappa shape index (κ2) is 7.55. The van der Waals surface area contributed by atoms with E-state index >= 15 is 0 Å². The van der Waals surface area contributed by atoms with Crippen molar-refractivity contribution in [1.29, 1.82) is 0 Å². The number of nitrogens with one attached hydrogen (secondary N) is 1. The van der Waals surface area contributed by atoms with Gasteiger partial charge in [-0.05, 0) is 31.0 Å². The van der Waals surface area contributed by atoms with E-state index in [0.29, 0.717) is 30.0 Å². The normalized spacial score (nSPS) is 9.94. The SMILES string of the molecule is COc1ccc(C(=O)NCCCCO)cc1OC. The van der Waals surface area contributed by atoms with Crippen molar-refractivity contribution in [1.82, 2.24) is 5.32 Å². The number of rotatable bonds is 7. The number of hydrogen-bond acceptors (Lipinski definition) is 4. The number of carbonyl (C=O) groups is 1. The van der Waals surface area contributed by atoms with Gasteiger partial charge in [-0.3, -0.25) is 4.79 Å². The Morgan fingerprint density at radius 3 is 2.56 bits per heavy atom. The van der Waals surface area contributed by atoms with Gasteiger partial charge in [-0.15, -0.1) is 0 Å². The van der Waals surface area contributed by atoms with Crippen LogP contribution in [0.2, 0.25) is 0 Å². The summed E-state index contributed by atoms with van der Waals surface area (Å²) in [5, 5.41) is 11.4. The monoisotopic (exact) mass is 253 g/mol. The Bertz CT molecular complexity index is 393. The average Bonchev–Trinajstić information content (AvgIpc) is 2.42. The van der Waals surface area contributed by atoms with Crippen LogP contribution < -0.4 is 14.8 Å². The van der Waals surface area contributed by atoms with Gasteiger partial charge in [0.05, 0.1) is 14.2 Å².